The fourth-order valence-electron chi connectivity index (χ4n) is 9.75. The third kappa shape index (κ3) is 6.54. The lowest BCUT2D eigenvalue weighted by Gasteiger charge is -2.55. The lowest BCUT2D eigenvalue weighted by molar-refractivity contribution is -0.284. The Morgan fingerprint density at radius 2 is 1.57 bits per heavy atom. The first-order valence-corrected chi connectivity index (χ1v) is 18.1. The molecule has 9 heteroatoms. The highest BCUT2D eigenvalue weighted by molar-refractivity contribution is 7.99. The van der Waals surface area contributed by atoms with Gasteiger partial charge in [-0.1, -0.05) is 51.5 Å². The first-order chi connectivity index (χ1) is 20.9. The maximum atomic E-state index is 13.0. The summed E-state index contributed by atoms with van der Waals surface area (Å²) in [5.41, 5.74) is 2.78. The largest absolute Gasteiger partial charge is 0.508 e. The number of thioether (sulfide) groups is 1. The van der Waals surface area contributed by atoms with Gasteiger partial charge in [-0.25, -0.2) is 0 Å². The molecule has 4 unspecified atom stereocenters. The van der Waals surface area contributed by atoms with E-state index in [1.807, 2.05) is 12.1 Å². The predicted molar refractivity (Wildman–Crippen MR) is 165 cm³/mol. The quantitative estimate of drug-likeness (QED) is 0.147. The molecule has 3 nitrogen and oxygen atoms in total. The van der Waals surface area contributed by atoms with Crippen LogP contribution in [0.15, 0.2) is 18.2 Å². The van der Waals surface area contributed by atoms with Gasteiger partial charge in [0.1, 0.15) is 5.75 Å². The van der Waals surface area contributed by atoms with E-state index in [1.54, 1.807) is 7.11 Å². The zero-order valence-electron chi connectivity index (χ0n) is 26.3. The highest BCUT2D eigenvalue weighted by Gasteiger charge is 2.71. The van der Waals surface area contributed by atoms with Crippen LogP contribution in [-0.2, 0) is 4.74 Å². The standard InChI is InChI=1S/C35H51F5O3S/c1-32-16-14-25-24-13-12-23(41)21-27(24)31(43-2)26(30(25)28(32)22-29(42)33(32)17-18-33)11-8-6-4-3-5-7-9-19-44-20-10-15-34(36,37)35(38,39)40/h12-13,21,25-26,28-31,41-42H,3-11,14-20,22H2,1-2H3/t25?,26?,28?,29-,30?,31-,32+/m1/s1. The van der Waals surface area contributed by atoms with Gasteiger partial charge in [-0.05, 0) is 115 Å². The van der Waals surface area contributed by atoms with E-state index in [0.29, 0.717) is 35.2 Å². The summed E-state index contributed by atoms with van der Waals surface area (Å²) in [6.45, 7) is 2.47. The number of aromatic hydroxyl groups is 1. The Hall–Kier alpha value is -1.06. The summed E-state index contributed by atoms with van der Waals surface area (Å²) in [5.74, 6) is -1.39. The molecule has 0 heterocycles. The van der Waals surface area contributed by atoms with Crippen molar-refractivity contribution in [3.8, 4) is 5.75 Å². The molecule has 1 aromatic rings. The van der Waals surface area contributed by atoms with Crippen LogP contribution in [0.5, 0.6) is 5.75 Å². The topological polar surface area (TPSA) is 49.7 Å². The van der Waals surface area contributed by atoms with E-state index in [1.165, 1.54) is 17.3 Å². The molecule has 4 aliphatic carbocycles. The lowest BCUT2D eigenvalue weighted by atomic mass is 9.50. The molecule has 44 heavy (non-hydrogen) atoms. The molecule has 3 fully saturated rings. The van der Waals surface area contributed by atoms with Crippen molar-refractivity contribution in [2.75, 3.05) is 18.6 Å². The molecule has 0 amide bonds. The molecule has 0 aliphatic heterocycles. The molecule has 1 aromatic carbocycles. The molecule has 3 saturated carbocycles. The molecule has 250 valence electrons. The Bertz CT molecular complexity index is 1110. The Morgan fingerprint density at radius 1 is 0.909 bits per heavy atom. The van der Waals surface area contributed by atoms with Gasteiger partial charge in [0.15, 0.2) is 0 Å². The second-order valence-electron chi connectivity index (χ2n) is 14.5. The fraction of sp³-hybridized carbons (Fsp3) is 0.829. The molecule has 0 bridgehead atoms. The fourth-order valence-corrected chi connectivity index (χ4v) is 10.7. The zero-order chi connectivity index (χ0) is 31.8. The number of methoxy groups -OCH3 is 1. The highest BCUT2D eigenvalue weighted by Crippen LogP contribution is 2.77. The number of alkyl halides is 5. The molecule has 0 aromatic heterocycles. The molecule has 7 atom stereocenters. The number of phenolic OH excluding ortho intramolecular Hbond substituents is 1. The molecule has 0 saturated heterocycles. The van der Waals surface area contributed by atoms with Crippen molar-refractivity contribution >= 4 is 11.8 Å². The van der Waals surface area contributed by atoms with Crippen molar-refractivity contribution in [1.29, 1.82) is 0 Å². The van der Waals surface area contributed by atoms with Crippen LogP contribution in [0.3, 0.4) is 0 Å². The number of aliphatic hydroxyl groups excluding tert-OH is 1. The molecule has 1 spiro atoms. The minimum Gasteiger partial charge on any atom is -0.508 e. The van der Waals surface area contributed by atoms with Gasteiger partial charge < -0.3 is 14.9 Å². The van der Waals surface area contributed by atoms with E-state index in [0.717, 1.165) is 94.8 Å². The number of halogens is 5. The zero-order valence-corrected chi connectivity index (χ0v) is 27.1. The third-order valence-corrected chi connectivity index (χ3v) is 13.4. The molecule has 2 N–H and O–H groups in total. The van der Waals surface area contributed by atoms with Crippen LogP contribution >= 0.6 is 11.8 Å². The smallest absolute Gasteiger partial charge is 0.453 e. The number of ether oxygens (including phenoxy) is 1. The Morgan fingerprint density at radius 3 is 2.23 bits per heavy atom. The second-order valence-corrected chi connectivity index (χ2v) is 15.7. The SMILES string of the molecule is CO[C@H]1c2cc(O)ccc2C2CC[C@@]3(C)C(C[C@@H](O)C34CC4)C2C1CCCCCCCCCSCCCC(F)(F)C(F)(F)F. The van der Waals surface area contributed by atoms with E-state index >= 15 is 0 Å². The van der Waals surface area contributed by atoms with Crippen LogP contribution < -0.4 is 0 Å². The maximum Gasteiger partial charge on any atom is 0.453 e. The summed E-state index contributed by atoms with van der Waals surface area (Å²) in [5, 5.41) is 21.6. The highest BCUT2D eigenvalue weighted by atomic mass is 32.2. The normalized spacial score (nSPS) is 32.4. The number of phenols is 1. The average Bonchev–Trinajstić information content (AvgIpc) is 3.75. The Balaban J connectivity index is 1.08. The van der Waals surface area contributed by atoms with E-state index in [-0.39, 0.29) is 29.5 Å². The van der Waals surface area contributed by atoms with Crippen LogP contribution in [0.2, 0.25) is 0 Å². The number of unbranched alkanes of at least 4 members (excludes halogenated alkanes) is 6. The number of benzene rings is 1. The summed E-state index contributed by atoms with van der Waals surface area (Å²) in [6, 6.07) is 5.86. The number of hydrogen-bond donors (Lipinski definition) is 2. The van der Waals surface area contributed by atoms with Crippen molar-refractivity contribution in [3.63, 3.8) is 0 Å². The van der Waals surface area contributed by atoms with Crippen molar-refractivity contribution in [1.82, 2.24) is 0 Å². The lowest BCUT2D eigenvalue weighted by Crippen LogP contribution is -2.48. The van der Waals surface area contributed by atoms with Gasteiger partial charge in [0.05, 0.1) is 12.2 Å². The Kier molecular flexibility index (Phi) is 10.6. The summed E-state index contributed by atoms with van der Waals surface area (Å²) in [7, 11) is 1.80. The molecule has 0 radical (unpaired) electrons. The first kappa shape index (κ1) is 34.3. The van der Waals surface area contributed by atoms with Crippen molar-refractivity contribution in [2.45, 2.75) is 133 Å². The van der Waals surface area contributed by atoms with Crippen molar-refractivity contribution in [3.05, 3.63) is 29.3 Å². The predicted octanol–water partition coefficient (Wildman–Crippen LogP) is 10.2. The minimum atomic E-state index is -5.45. The maximum absolute atomic E-state index is 13.0. The van der Waals surface area contributed by atoms with Crippen LogP contribution in [0, 0.1) is 28.6 Å². The van der Waals surface area contributed by atoms with E-state index in [9.17, 15) is 32.2 Å². The van der Waals surface area contributed by atoms with Gasteiger partial charge in [-0.2, -0.15) is 33.7 Å². The molecular formula is C35H51F5O3S. The van der Waals surface area contributed by atoms with Crippen LogP contribution in [-0.4, -0.2) is 47.0 Å². The van der Waals surface area contributed by atoms with E-state index in [2.05, 4.69) is 13.0 Å². The van der Waals surface area contributed by atoms with Gasteiger partial charge in [0.25, 0.3) is 0 Å². The minimum absolute atomic E-state index is 0.0502. The van der Waals surface area contributed by atoms with Gasteiger partial charge >= 0.3 is 12.1 Å². The monoisotopic (exact) mass is 646 g/mol. The average molecular weight is 647 g/mol. The molecule has 5 rings (SSSR count). The summed E-state index contributed by atoms with van der Waals surface area (Å²) in [4.78, 5) is 0. The third-order valence-electron chi connectivity index (χ3n) is 12.2. The first-order valence-electron chi connectivity index (χ1n) is 16.9. The van der Waals surface area contributed by atoms with Crippen molar-refractivity contribution < 1.29 is 36.9 Å². The summed E-state index contributed by atoms with van der Waals surface area (Å²) < 4.78 is 68.9. The summed E-state index contributed by atoms with van der Waals surface area (Å²) >= 11 is 1.47. The van der Waals surface area contributed by atoms with E-state index in [4.69, 9.17) is 4.74 Å². The second kappa shape index (κ2) is 13.6. The summed E-state index contributed by atoms with van der Waals surface area (Å²) in [6.07, 6.45) is 7.30. The van der Waals surface area contributed by atoms with Crippen LogP contribution in [0.4, 0.5) is 22.0 Å². The van der Waals surface area contributed by atoms with E-state index < -0.39 is 18.5 Å². The van der Waals surface area contributed by atoms with Gasteiger partial charge in [0, 0.05) is 18.9 Å². The number of aliphatic hydroxyl groups is 1. The van der Waals surface area contributed by atoms with Gasteiger partial charge in [-0.15, -0.1) is 0 Å². The molecular weight excluding hydrogens is 595 g/mol. The number of hydrogen-bond acceptors (Lipinski definition) is 4. The van der Waals surface area contributed by atoms with Gasteiger partial charge in [0.2, 0.25) is 0 Å². The number of fused-ring (bicyclic) bond motifs is 6. The Labute approximate surface area is 264 Å². The van der Waals surface area contributed by atoms with Crippen LogP contribution in [0.1, 0.15) is 126 Å². The number of rotatable bonds is 15. The van der Waals surface area contributed by atoms with Crippen LogP contribution in [0.25, 0.3) is 0 Å². The molecule has 4 aliphatic rings. The van der Waals surface area contributed by atoms with Crippen molar-refractivity contribution in [2.24, 2.45) is 28.6 Å². The van der Waals surface area contributed by atoms with Gasteiger partial charge in [-0.3, -0.25) is 0 Å².